The Balaban J connectivity index is 1.82. The highest BCUT2D eigenvalue weighted by molar-refractivity contribution is 9.10. The summed E-state index contributed by atoms with van der Waals surface area (Å²) in [6, 6.07) is 6.95. The van der Waals surface area contributed by atoms with Crippen LogP contribution in [0, 0.1) is 6.92 Å². The van der Waals surface area contributed by atoms with Crippen molar-refractivity contribution in [2.45, 2.75) is 51.4 Å². The van der Waals surface area contributed by atoms with Gasteiger partial charge in [0.05, 0.1) is 16.2 Å². The highest BCUT2D eigenvalue weighted by atomic mass is 79.9. The smallest absolute Gasteiger partial charge is 0.347 e. The first-order chi connectivity index (χ1) is 12.2. The fraction of sp³-hybridized carbons (Fsp3) is 0.444. The number of hydrogen-bond acceptors (Lipinski definition) is 2. The van der Waals surface area contributed by atoms with Crippen LogP contribution in [0.2, 0.25) is 0 Å². The maximum absolute atomic E-state index is 13.0. The van der Waals surface area contributed by atoms with E-state index in [-0.39, 0.29) is 22.1 Å². The molecule has 8 heteroatoms. The third-order valence-corrected chi connectivity index (χ3v) is 5.73. The van der Waals surface area contributed by atoms with Crippen LogP contribution in [-0.4, -0.2) is 15.7 Å². The van der Waals surface area contributed by atoms with Gasteiger partial charge in [-0.25, -0.2) is 0 Å². The molecule has 1 N–H and O–H groups in total. The first kappa shape index (κ1) is 18.9. The predicted molar refractivity (Wildman–Crippen MR) is 94.6 cm³/mol. The van der Waals surface area contributed by atoms with Crippen molar-refractivity contribution in [2.24, 2.45) is 0 Å². The molecule has 2 aromatic rings. The number of halogens is 4. The largest absolute Gasteiger partial charge is 0.436 e. The van der Waals surface area contributed by atoms with E-state index in [4.69, 9.17) is 0 Å². The molecule has 1 aromatic carbocycles. The van der Waals surface area contributed by atoms with Crippen molar-refractivity contribution in [3.8, 4) is 0 Å². The molecule has 1 aliphatic rings. The summed E-state index contributed by atoms with van der Waals surface area (Å²) in [5.74, 6) is -0.349. The summed E-state index contributed by atoms with van der Waals surface area (Å²) in [4.78, 5) is 12.7. The second kappa shape index (κ2) is 7.06. The minimum absolute atomic E-state index is 0.128. The van der Waals surface area contributed by atoms with Crippen molar-refractivity contribution >= 4 is 21.8 Å². The summed E-state index contributed by atoms with van der Waals surface area (Å²) in [6.45, 7) is 3.06. The van der Waals surface area contributed by atoms with Crippen molar-refractivity contribution in [3.63, 3.8) is 0 Å². The van der Waals surface area contributed by atoms with Crippen LogP contribution in [0.15, 0.2) is 28.7 Å². The summed E-state index contributed by atoms with van der Waals surface area (Å²) in [5.41, 5.74) is 1.53. The number of alkyl halides is 3. The van der Waals surface area contributed by atoms with Crippen molar-refractivity contribution in [3.05, 3.63) is 51.3 Å². The SMILES string of the molecule is Cc1c(Br)c(C(F)(F)F)nn1C(C)C(=O)NC1CCCc2ccccc21. The zero-order valence-electron chi connectivity index (χ0n) is 14.4. The van der Waals surface area contributed by atoms with Gasteiger partial charge in [-0.15, -0.1) is 0 Å². The number of aromatic nitrogens is 2. The van der Waals surface area contributed by atoms with E-state index in [2.05, 4.69) is 26.3 Å². The van der Waals surface area contributed by atoms with Gasteiger partial charge in [-0.3, -0.25) is 9.48 Å². The number of benzene rings is 1. The number of nitrogens with one attached hydrogen (secondary N) is 1. The Bertz CT molecular complexity index is 832. The molecule has 2 atom stereocenters. The third kappa shape index (κ3) is 3.51. The molecule has 1 heterocycles. The van der Waals surface area contributed by atoms with Crippen LogP contribution in [0.3, 0.4) is 0 Å². The molecular formula is C18H19BrF3N3O. The van der Waals surface area contributed by atoms with E-state index in [0.717, 1.165) is 29.5 Å². The lowest BCUT2D eigenvalue weighted by molar-refractivity contribution is -0.142. The summed E-state index contributed by atoms with van der Waals surface area (Å²) in [6.07, 6.45) is -1.84. The second-order valence-electron chi connectivity index (χ2n) is 6.52. The standard InChI is InChI=1S/C18H19BrF3N3O/c1-10-15(19)16(18(20,21)22)24-25(10)11(2)17(26)23-14-9-5-7-12-6-3-4-8-13(12)14/h3-4,6,8,11,14H,5,7,9H2,1-2H3,(H,23,26). The highest BCUT2D eigenvalue weighted by Gasteiger charge is 2.39. The topological polar surface area (TPSA) is 46.9 Å². The number of amides is 1. The molecular weight excluding hydrogens is 411 g/mol. The summed E-state index contributed by atoms with van der Waals surface area (Å²) in [5, 5.41) is 6.59. The fourth-order valence-corrected chi connectivity index (χ4v) is 3.85. The van der Waals surface area contributed by atoms with E-state index in [1.165, 1.54) is 12.5 Å². The molecule has 1 amide bonds. The number of aryl methyl sites for hydroxylation is 1. The highest BCUT2D eigenvalue weighted by Crippen LogP contribution is 2.36. The molecule has 0 saturated heterocycles. The van der Waals surface area contributed by atoms with Crippen LogP contribution < -0.4 is 5.32 Å². The lowest BCUT2D eigenvalue weighted by Gasteiger charge is -2.27. The Morgan fingerprint density at radius 2 is 2.08 bits per heavy atom. The number of fused-ring (bicyclic) bond motifs is 1. The van der Waals surface area contributed by atoms with Crippen molar-refractivity contribution in [2.75, 3.05) is 0 Å². The molecule has 0 saturated carbocycles. The van der Waals surface area contributed by atoms with Crippen molar-refractivity contribution < 1.29 is 18.0 Å². The molecule has 1 aliphatic carbocycles. The monoisotopic (exact) mass is 429 g/mol. The molecule has 140 valence electrons. The van der Waals surface area contributed by atoms with Gasteiger partial charge in [0.15, 0.2) is 5.69 Å². The molecule has 0 radical (unpaired) electrons. The van der Waals surface area contributed by atoms with Gasteiger partial charge in [0, 0.05) is 0 Å². The van der Waals surface area contributed by atoms with Crippen molar-refractivity contribution in [1.29, 1.82) is 0 Å². The fourth-order valence-electron chi connectivity index (χ4n) is 3.36. The summed E-state index contributed by atoms with van der Waals surface area (Å²) in [7, 11) is 0. The van der Waals surface area contributed by atoms with Gasteiger partial charge in [0.2, 0.25) is 5.91 Å². The number of rotatable bonds is 3. The molecule has 0 bridgehead atoms. The van der Waals surface area contributed by atoms with E-state index in [1.807, 2.05) is 24.3 Å². The molecule has 2 unspecified atom stereocenters. The summed E-state index contributed by atoms with van der Waals surface area (Å²) >= 11 is 2.94. The van der Waals surface area contributed by atoms with Gasteiger partial charge in [0.1, 0.15) is 6.04 Å². The van der Waals surface area contributed by atoms with Gasteiger partial charge in [-0.2, -0.15) is 18.3 Å². The zero-order valence-corrected chi connectivity index (χ0v) is 16.0. The van der Waals surface area contributed by atoms with Gasteiger partial charge < -0.3 is 5.32 Å². The van der Waals surface area contributed by atoms with Gasteiger partial charge >= 0.3 is 6.18 Å². The van der Waals surface area contributed by atoms with Gasteiger partial charge in [0.25, 0.3) is 0 Å². The van der Waals surface area contributed by atoms with E-state index in [0.29, 0.717) is 0 Å². The van der Waals surface area contributed by atoms with Crippen LogP contribution in [0.5, 0.6) is 0 Å². The molecule has 0 aliphatic heterocycles. The van der Waals surface area contributed by atoms with Crippen LogP contribution >= 0.6 is 15.9 Å². The van der Waals surface area contributed by atoms with E-state index < -0.39 is 17.9 Å². The van der Waals surface area contributed by atoms with E-state index >= 15 is 0 Å². The Kier molecular flexibility index (Phi) is 5.14. The molecule has 0 spiro atoms. The lowest BCUT2D eigenvalue weighted by atomic mass is 9.87. The number of carbonyl (C=O) groups is 1. The first-order valence-corrected chi connectivity index (χ1v) is 9.19. The Labute approximate surface area is 157 Å². The third-order valence-electron chi connectivity index (χ3n) is 4.78. The van der Waals surface area contributed by atoms with Crippen LogP contribution in [0.4, 0.5) is 13.2 Å². The normalized spacial score (nSPS) is 18.3. The quantitative estimate of drug-likeness (QED) is 0.766. The number of nitrogens with zero attached hydrogens (tertiary/aromatic N) is 2. The number of carbonyl (C=O) groups excluding carboxylic acids is 1. The van der Waals surface area contributed by atoms with Gasteiger partial charge in [-0.05, 0) is 60.2 Å². The van der Waals surface area contributed by atoms with Gasteiger partial charge in [-0.1, -0.05) is 24.3 Å². The summed E-state index contributed by atoms with van der Waals surface area (Å²) < 4.78 is 40.1. The van der Waals surface area contributed by atoms with Crippen molar-refractivity contribution in [1.82, 2.24) is 15.1 Å². The van der Waals surface area contributed by atoms with Crippen LogP contribution in [0.25, 0.3) is 0 Å². The Morgan fingerprint density at radius 1 is 1.38 bits per heavy atom. The maximum Gasteiger partial charge on any atom is 0.436 e. The average molecular weight is 430 g/mol. The minimum Gasteiger partial charge on any atom is -0.347 e. The maximum atomic E-state index is 13.0. The molecule has 1 aromatic heterocycles. The predicted octanol–water partition coefficient (Wildman–Crippen LogP) is 4.73. The molecule has 26 heavy (non-hydrogen) atoms. The Hall–Kier alpha value is -1.83. The average Bonchev–Trinajstić information content (AvgIpc) is 2.90. The first-order valence-electron chi connectivity index (χ1n) is 8.40. The number of hydrogen-bond donors (Lipinski definition) is 1. The second-order valence-corrected chi connectivity index (χ2v) is 7.31. The Morgan fingerprint density at radius 3 is 2.73 bits per heavy atom. The molecule has 3 rings (SSSR count). The molecule has 0 fully saturated rings. The van der Waals surface area contributed by atoms with Crippen LogP contribution in [-0.2, 0) is 17.4 Å². The lowest BCUT2D eigenvalue weighted by Crippen LogP contribution is -2.36. The zero-order chi connectivity index (χ0) is 19.1. The van der Waals surface area contributed by atoms with E-state index in [1.54, 1.807) is 6.92 Å². The van der Waals surface area contributed by atoms with E-state index in [9.17, 15) is 18.0 Å². The minimum atomic E-state index is -4.58. The molecule has 4 nitrogen and oxygen atoms in total. The van der Waals surface area contributed by atoms with Crippen LogP contribution in [0.1, 0.15) is 54.4 Å².